The van der Waals surface area contributed by atoms with Crippen LogP contribution >= 0.6 is 0 Å². The van der Waals surface area contributed by atoms with E-state index < -0.39 is 0 Å². The summed E-state index contributed by atoms with van der Waals surface area (Å²) in [7, 11) is 0. The van der Waals surface area contributed by atoms with E-state index in [4.69, 9.17) is 4.98 Å². The van der Waals surface area contributed by atoms with E-state index in [0.29, 0.717) is 11.8 Å². The molecular weight excluding hydrogens is 396 g/mol. The van der Waals surface area contributed by atoms with Crippen LogP contribution in [0.4, 0.5) is 0 Å². The Morgan fingerprint density at radius 3 is 2.69 bits per heavy atom. The number of aromatic hydroxyl groups is 1. The highest BCUT2D eigenvalue weighted by Gasteiger charge is 2.20. The first-order chi connectivity index (χ1) is 15.6. The van der Waals surface area contributed by atoms with Crippen LogP contribution in [0.3, 0.4) is 0 Å². The molecule has 0 radical (unpaired) electrons. The number of nitrogens with zero attached hydrogens (tertiary/aromatic N) is 3. The Hall–Kier alpha value is -2.76. The van der Waals surface area contributed by atoms with E-state index in [1.54, 1.807) is 12.1 Å². The van der Waals surface area contributed by atoms with Gasteiger partial charge in [-0.05, 0) is 67.1 Å². The van der Waals surface area contributed by atoms with Gasteiger partial charge in [-0.15, -0.1) is 0 Å². The first-order valence-corrected chi connectivity index (χ1v) is 11.8. The van der Waals surface area contributed by atoms with Crippen molar-refractivity contribution < 1.29 is 5.11 Å². The molecule has 32 heavy (non-hydrogen) atoms. The standard InChI is InChI=1S/C27H34N4O/c1-3-23-18-28-15-16-31(23)19-22-8-7-20(2)25(17-22)26-13-14-29-27(30-26)6-4-5-21-9-11-24(32)12-10-21/h7-14,17,23,28,32H,3-6,15-16,18-19H2,1-2H3. The van der Waals surface area contributed by atoms with Gasteiger partial charge in [0.05, 0.1) is 5.69 Å². The largest absolute Gasteiger partial charge is 0.508 e. The molecule has 1 unspecified atom stereocenters. The number of nitrogens with one attached hydrogen (secondary N) is 1. The maximum Gasteiger partial charge on any atom is 0.128 e. The Morgan fingerprint density at radius 1 is 1.06 bits per heavy atom. The van der Waals surface area contributed by atoms with Gasteiger partial charge in [-0.1, -0.05) is 31.2 Å². The number of rotatable bonds is 8. The van der Waals surface area contributed by atoms with Crippen molar-refractivity contribution in [2.24, 2.45) is 0 Å². The highest BCUT2D eigenvalue weighted by atomic mass is 16.3. The van der Waals surface area contributed by atoms with Crippen LogP contribution in [-0.2, 0) is 19.4 Å². The van der Waals surface area contributed by atoms with Crippen molar-refractivity contribution in [3.05, 3.63) is 77.2 Å². The first kappa shape index (κ1) is 22.4. The second-order valence-corrected chi connectivity index (χ2v) is 8.76. The second kappa shape index (κ2) is 10.7. The fourth-order valence-electron chi connectivity index (χ4n) is 4.47. The molecular formula is C27H34N4O. The molecule has 4 rings (SSSR count). The van der Waals surface area contributed by atoms with E-state index in [1.807, 2.05) is 24.4 Å². The first-order valence-electron chi connectivity index (χ1n) is 11.8. The van der Waals surface area contributed by atoms with Gasteiger partial charge in [0.25, 0.3) is 0 Å². The number of hydrogen-bond donors (Lipinski definition) is 2. The van der Waals surface area contributed by atoms with Crippen LogP contribution in [-0.4, -0.2) is 45.7 Å². The molecule has 1 aliphatic rings. The zero-order chi connectivity index (χ0) is 22.3. The van der Waals surface area contributed by atoms with Crippen molar-refractivity contribution in [1.82, 2.24) is 20.2 Å². The number of piperazine rings is 1. The van der Waals surface area contributed by atoms with Crippen LogP contribution in [0.25, 0.3) is 11.3 Å². The van der Waals surface area contributed by atoms with Crippen molar-refractivity contribution >= 4 is 0 Å². The molecule has 1 atom stereocenters. The van der Waals surface area contributed by atoms with Crippen molar-refractivity contribution in [2.75, 3.05) is 19.6 Å². The minimum absolute atomic E-state index is 0.310. The quantitative estimate of drug-likeness (QED) is 0.550. The smallest absolute Gasteiger partial charge is 0.128 e. The van der Waals surface area contributed by atoms with E-state index in [9.17, 15) is 5.11 Å². The minimum Gasteiger partial charge on any atom is -0.508 e. The Balaban J connectivity index is 1.44. The number of hydrogen-bond acceptors (Lipinski definition) is 5. The number of aromatic nitrogens is 2. The molecule has 3 aromatic rings. The second-order valence-electron chi connectivity index (χ2n) is 8.76. The average Bonchev–Trinajstić information content (AvgIpc) is 2.82. The average molecular weight is 431 g/mol. The topological polar surface area (TPSA) is 61.3 Å². The monoisotopic (exact) mass is 430 g/mol. The van der Waals surface area contributed by atoms with Gasteiger partial charge in [0.2, 0.25) is 0 Å². The molecule has 0 spiro atoms. The van der Waals surface area contributed by atoms with Crippen molar-refractivity contribution in [1.29, 1.82) is 0 Å². The summed E-state index contributed by atoms with van der Waals surface area (Å²) >= 11 is 0. The van der Waals surface area contributed by atoms with Gasteiger partial charge in [-0.2, -0.15) is 0 Å². The Labute approximate surface area is 191 Å². The van der Waals surface area contributed by atoms with Crippen LogP contribution < -0.4 is 5.32 Å². The van der Waals surface area contributed by atoms with E-state index in [1.165, 1.54) is 28.7 Å². The molecule has 5 nitrogen and oxygen atoms in total. The normalized spacial score (nSPS) is 16.9. The van der Waals surface area contributed by atoms with Gasteiger partial charge in [0.1, 0.15) is 11.6 Å². The van der Waals surface area contributed by atoms with Gasteiger partial charge < -0.3 is 10.4 Å². The number of phenolic OH excluding ortho intramolecular Hbond substituents is 1. The summed E-state index contributed by atoms with van der Waals surface area (Å²) < 4.78 is 0. The summed E-state index contributed by atoms with van der Waals surface area (Å²) in [6.45, 7) is 8.66. The van der Waals surface area contributed by atoms with Gasteiger partial charge in [0.15, 0.2) is 0 Å². The minimum atomic E-state index is 0.310. The predicted octanol–water partition coefficient (Wildman–Crippen LogP) is 4.52. The molecule has 1 saturated heterocycles. The fraction of sp³-hybridized carbons (Fsp3) is 0.407. The van der Waals surface area contributed by atoms with Crippen LogP contribution in [0.5, 0.6) is 5.75 Å². The molecule has 2 heterocycles. The summed E-state index contributed by atoms with van der Waals surface area (Å²) in [5.41, 5.74) is 6.02. The van der Waals surface area contributed by atoms with E-state index in [-0.39, 0.29) is 0 Å². The molecule has 0 amide bonds. The molecule has 0 saturated carbocycles. The summed E-state index contributed by atoms with van der Waals surface area (Å²) in [4.78, 5) is 12.0. The zero-order valence-corrected chi connectivity index (χ0v) is 19.2. The molecule has 0 bridgehead atoms. The van der Waals surface area contributed by atoms with Crippen LogP contribution in [0.15, 0.2) is 54.7 Å². The summed E-state index contributed by atoms with van der Waals surface area (Å²) in [5.74, 6) is 1.20. The highest BCUT2D eigenvalue weighted by Crippen LogP contribution is 2.24. The van der Waals surface area contributed by atoms with Crippen molar-refractivity contribution in [2.45, 2.75) is 52.1 Å². The van der Waals surface area contributed by atoms with Crippen LogP contribution in [0.1, 0.15) is 42.3 Å². The number of phenols is 1. The summed E-state index contributed by atoms with van der Waals surface area (Å²) in [5, 5.41) is 12.9. The SMILES string of the molecule is CCC1CNCCN1Cc1ccc(C)c(-c2ccnc(CCCc3ccc(O)cc3)n2)c1. The molecule has 2 aromatic carbocycles. The lowest BCUT2D eigenvalue weighted by Gasteiger charge is -2.35. The summed E-state index contributed by atoms with van der Waals surface area (Å²) in [6, 6.07) is 16.9. The number of benzene rings is 2. The molecule has 2 N–H and O–H groups in total. The van der Waals surface area contributed by atoms with E-state index in [0.717, 1.165) is 57.0 Å². The van der Waals surface area contributed by atoms with Crippen LogP contribution in [0, 0.1) is 6.92 Å². The highest BCUT2D eigenvalue weighted by molar-refractivity contribution is 5.64. The van der Waals surface area contributed by atoms with Gasteiger partial charge >= 0.3 is 0 Å². The van der Waals surface area contributed by atoms with E-state index in [2.05, 4.69) is 47.2 Å². The van der Waals surface area contributed by atoms with Gasteiger partial charge in [0, 0.05) is 50.4 Å². The molecule has 168 valence electrons. The lowest BCUT2D eigenvalue weighted by atomic mass is 10.0. The summed E-state index contributed by atoms with van der Waals surface area (Å²) in [6.07, 6.45) is 5.83. The van der Waals surface area contributed by atoms with Crippen molar-refractivity contribution in [3.8, 4) is 17.0 Å². The Kier molecular flexibility index (Phi) is 7.51. The Morgan fingerprint density at radius 2 is 1.88 bits per heavy atom. The third-order valence-electron chi connectivity index (χ3n) is 6.41. The Bertz CT molecular complexity index is 1020. The lowest BCUT2D eigenvalue weighted by Crippen LogP contribution is -2.50. The third kappa shape index (κ3) is 5.72. The lowest BCUT2D eigenvalue weighted by molar-refractivity contribution is 0.149. The van der Waals surface area contributed by atoms with Crippen LogP contribution in [0.2, 0.25) is 0 Å². The van der Waals surface area contributed by atoms with Gasteiger partial charge in [-0.25, -0.2) is 9.97 Å². The van der Waals surface area contributed by atoms with E-state index >= 15 is 0 Å². The predicted molar refractivity (Wildman–Crippen MR) is 130 cm³/mol. The molecule has 0 aliphatic carbocycles. The molecule has 5 heteroatoms. The van der Waals surface area contributed by atoms with Gasteiger partial charge in [-0.3, -0.25) is 4.90 Å². The zero-order valence-electron chi connectivity index (χ0n) is 19.2. The third-order valence-corrected chi connectivity index (χ3v) is 6.41. The molecule has 1 fully saturated rings. The maximum absolute atomic E-state index is 9.43. The van der Waals surface area contributed by atoms with Crippen molar-refractivity contribution in [3.63, 3.8) is 0 Å². The molecule has 1 aromatic heterocycles. The number of aryl methyl sites for hydroxylation is 3. The fourth-order valence-corrected chi connectivity index (χ4v) is 4.47. The maximum atomic E-state index is 9.43. The molecule has 1 aliphatic heterocycles.